The molecular weight excluding hydrogens is 232 g/mol. The van der Waals surface area contributed by atoms with Crippen molar-refractivity contribution >= 4 is 11.6 Å². The van der Waals surface area contributed by atoms with Gasteiger partial charge in [-0.15, -0.1) is 0 Å². The van der Waals surface area contributed by atoms with Crippen LogP contribution in [0.25, 0.3) is 0 Å². The molecule has 1 aromatic carbocycles. The summed E-state index contributed by atoms with van der Waals surface area (Å²) in [6.07, 6.45) is 2.01. The number of nitrogens with two attached hydrogens (primary N) is 1. The van der Waals surface area contributed by atoms with E-state index in [-0.39, 0.29) is 12.5 Å². The van der Waals surface area contributed by atoms with Crippen molar-refractivity contribution < 1.29 is 14.3 Å². The van der Waals surface area contributed by atoms with Gasteiger partial charge in [0.1, 0.15) is 6.26 Å². The lowest BCUT2D eigenvalue weighted by molar-refractivity contribution is 0.0915. The van der Waals surface area contributed by atoms with Crippen LogP contribution < -0.4 is 11.1 Å². The number of amides is 1. The molecule has 1 unspecified atom stereocenters. The molecule has 94 valence electrons. The van der Waals surface area contributed by atoms with E-state index in [0.717, 1.165) is 0 Å². The largest absolute Gasteiger partial charge is 0.472 e. The smallest absolute Gasteiger partial charge is 0.254 e. The molecule has 0 aliphatic heterocycles. The molecule has 1 aromatic heterocycles. The van der Waals surface area contributed by atoms with E-state index in [0.29, 0.717) is 16.8 Å². The zero-order valence-electron chi connectivity index (χ0n) is 9.67. The predicted molar refractivity (Wildman–Crippen MR) is 66.9 cm³/mol. The third-order valence-corrected chi connectivity index (χ3v) is 2.56. The van der Waals surface area contributed by atoms with Gasteiger partial charge < -0.3 is 20.6 Å². The maximum absolute atomic E-state index is 11.6. The summed E-state index contributed by atoms with van der Waals surface area (Å²) in [5, 5.41) is 12.5. The Morgan fingerprint density at radius 2 is 2.06 bits per heavy atom. The fourth-order valence-corrected chi connectivity index (χ4v) is 1.52. The van der Waals surface area contributed by atoms with Crippen LogP contribution in [0.5, 0.6) is 0 Å². The second kappa shape index (κ2) is 5.37. The standard InChI is InChI=1S/C13H14N2O3/c14-11-3-1-9(2-4-11)12(16)7-15-13(17)10-5-6-18-8-10/h1-6,8,12,16H,7,14H2,(H,15,17). The lowest BCUT2D eigenvalue weighted by atomic mass is 10.1. The van der Waals surface area contributed by atoms with E-state index in [4.69, 9.17) is 10.2 Å². The van der Waals surface area contributed by atoms with Gasteiger partial charge in [0.2, 0.25) is 0 Å². The molecule has 5 heteroatoms. The van der Waals surface area contributed by atoms with Gasteiger partial charge in [-0.05, 0) is 23.8 Å². The number of benzene rings is 1. The van der Waals surface area contributed by atoms with Crippen LogP contribution in [0, 0.1) is 0 Å². The molecule has 4 N–H and O–H groups in total. The van der Waals surface area contributed by atoms with Crippen LogP contribution in [0.3, 0.4) is 0 Å². The number of rotatable bonds is 4. The quantitative estimate of drug-likeness (QED) is 0.710. The average molecular weight is 246 g/mol. The highest BCUT2D eigenvalue weighted by atomic mass is 16.3. The van der Waals surface area contributed by atoms with Crippen molar-refractivity contribution in [2.45, 2.75) is 6.10 Å². The Kier molecular flexibility index (Phi) is 3.64. The van der Waals surface area contributed by atoms with Gasteiger partial charge in [-0.3, -0.25) is 4.79 Å². The molecule has 0 radical (unpaired) electrons. The molecule has 0 spiro atoms. The number of aliphatic hydroxyl groups excluding tert-OH is 1. The Morgan fingerprint density at radius 3 is 2.67 bits per heavy atom. The first-order valence-corrected chi connectivity index (χ1v) is 5.50. The molecular formula is C13H14N2O3. The monoisotopic (exact) mass is 246 g/mol. The summed E-state index contributed by atoms with van der Waals surface area (Å²) >= 11 is 0. The average Bonchev–Trinajstić information content (AvgIpc) is 2.90. The molecule has 0 aliphatic carbocycles. The zero-order valence-corrected chi connectivity index (χ0v) is 9.67. The van der Waals surface area contributed by atoms with Gasteiger partial charge in [0.25, 0.3) is 5.91 Å². The molecule has 2 rings (SSSR count). The number of hydrogen-bond donors (Lipinski definition) is 3. The second-order valence-electron chi connectivity index (χ2n) is 3.90. The lowest BCUT2D eigenvalue weighted by Crippen LogP contribution is -2.28. The van der Waals surface area contributed by atoms with Crippen LogP contribution in [0.2, 0.25) is 0 Å². The fraction of sp³-hybridized carbons (Fsp3) is 0.154. The van der Waals surface area contributed by atoms with Crippen LogP contribution in [0.4, 0.5) is 5.69 Å². The van der Waals surface area contributed by atoms with Gasteiger partial charge >= 0.3 is 0 Å². The van der Waals surface area contributed by atoms with Crippen molar-refractivity contribution in [3.8, 4) is 0 Å². The van der Waals surface area contributed by atoms with E-state index in [2.05, 4.69) is 5.32 Å². The van der Waals surface area contributed by atoms with Crippen molar-refractivity contribution in [2.24, 2.45) is 0 Å². The first kappa shape index (κ1) is 12.2. The minimum atomic E-state index is -0.763. The Balaban J connectivity index is 1.90. The summed E-state index contributed by atoms with van der Waals surface area (Å²) < 4.78 is 4.80. The summed E-state index contributed by atoms with van der Waals surface area (Å²) in [7, 11) is 0. The predicted octanol–water partition coefficient (Wildman–Crippen LogP) is 1.33. The van der Waals surface area contributed by atoms with E-state index in [1.165, 1.54) is 12.5 Å². The lowest BCUT2D eigenvalue weighted by Gasteiger charge is -2.11. The topological polar surface area (TPSA) is 88.5 Å². The number of carbonyl (C=O) groups excluding carboxylic acids is 1. The molecule has 2 aromatic rings. The first-order chi connectivity index (χ1) is 8.66. The summed E-state index contributed by atoms with van der Waals surface area (Å²) in [6.45, 7) is 0.133. The van der Waals surface area contributed by atoms with Crippen LogP contribution in [0.1, 0.15) is 22.0 Å². The van der Waals surface area contributed by atoms with Crippen LogP contribution >= 0.6 is 0 Å². The molecule has 1 heterocycles. The summed E-state index contributed by atoms with van der Waals surface area (Å²) in [5.41, 5.74) is 7.32. The third-order valence-electron chi connectivity index (χ3n) is 2.56. The number of carbonyl (C=O) groups is 1. The molecule has 0 bridgehead atoms. The highest BCUT2D eigenvalue weighted by Crippen LogP contribution is 2.14. The number of nitrogen functional groups attached to an aromatic ring is 1. The molecule has 1 amide bonds. The van der Waals surface area contributed by atoms with E-state index >= 15 is 0 Å². The van der Waals surface area contributed by atoms with E-state index in [9.17, 15) is 9.90 Å². The van der Waals surface area contributed by atoms with Crippen LogP contribution in [0.15, 0.2) is 47.3 Å². The molecule has 0 aliphatic rings. The second-order valence-corrected chi connectivity index (χ2v) is 3.90. The van der Waals surface area contributed by atoms with Crippen LogP contribution in [-0.2, 0) is 0 Å². The minimum Gasteiger partial charge on any atom is -0.472 e. The zero-order chi connectivity index (χ0) is 13.0. The summed E-state index contributed by atoms with van der Waals surface area (Å²) in [4.78, 5) is 11.6. The maximum atomic E-state index is 11.6. The van der Waals surface area contributed by atoms with Gasteiger partial charge in [-0.1, -0.05) is 12.1 Å². The van der Waals surface area contributed by atoms with Gasteiger partial charge in [-0.25, -0.2) is 0 Å². The molecule has 0 saturated carbocycles. The number of anilines is 1. The molecule has 18 heavy (non-hydrogen) atoms. The molecule has 1 atom stereocenters. The third kappa shape index (κ3) is 2.89. The Labute approximate surface area is 104 Å². The molecule has 0 fully saturated rings. The minimum absolute atomic E-state index is 0.133. The summed E-state index contributed by atoms with van der Waals surface area (Å²) in [5.74, 6) is -0.279. The fourth-order valence-electron chi connectivity index (χ4n) is 1.52. The highest BCUT2D eigenvalue weighted by Gasteiger charge is 2.11. The van der Waals surface area contributed by atoms with E-state index in [1.54, 1.807) is 30.3 Å². The van der Waals surface area contributed by atoms with Gasteiger partial charge in [-0.2, -0.15) is 0 Å². The Hall–Kier alpha value is -2.27. The Morgan fingerprint density at radius 1 is 1.33 bits per heavy atom. The summed E-state index contributed by atoms with van der Waals surface area (Å²) in [6, 6.07) is 8.42. The number of aliphatic hydroxyl groups is 1. The number of nitrogens with one attached hydrogen (secondary N) is 1. The maximum Gasteiger partial charge on any atom is 0.254 e. The van der Waals surface area contributed by atoms with Gasteiger partial charge in [0.15, 0.2) is 0 Å². The first-order valence-electron chi connectivity index (χ1n) is 5.50. The van der Waals surface area contributed by atoms with Crippen molar-refractivity contribution in [2.75, 3.05) is 12.3 Å². The highest BCUT2D eigenvalue weighted by molar-refractivity contribution is 5.93. The van der Waals surface area contributed by atoms with Gasteiger partial charge in [0, 0.05) is 12.2 Å². The van der Waals surface area contributed by atoms with Crippen molar-refractivity contribution in [3.05, 3.63) is 54.0 Å². The van der Waals surface area contributed by atoms with Crippen molar-refractivity contribution in [3.63, 3.8) is 0 Å². The number of furan rings is 1. The van der Waals surface area contributed by atoms with Crippen molar-refractivity contribution in [1.82, 2.24) is 5.32 Å². The van der Waals surface area contributed by atoms with E-state index < -0.39 is 6.10 Å². The Bertz CT molecular complexity index is 506. The normalized spacial score (nSPS) is 12.1. The van der Waals surface area contributed by atoms with Crippen LogP contribution in [-0.4, -0.2) is 17.6 Å². The van der Waals surface area contributed by atoms with E-state index in [1.807, 2.05) is 0 Å². The van der Waals surface area contributed by atoms with Gasteiger partial charge in [0.05, 0.1) is 17.9 Å². The molecule has 5 nitrogen and oxygen atoms in total. The number of hydrogen-bond acceptors (Lipinski definition) is 4. The molecule has 0 saturated heterocycles. The van der Waals surface area contributed by atoms with Crippen molar-refractivity contribution in [1.29, 1.82) is 0 Å². The SMILES string of the molecule is Nc1ccc(C(O)CNC(=O)c2ccoc2)cc1.